The maximum absolute atomic E-state index is 12.7. The molecule has 4 rings (SSSR count). The summed E-state index contributed by atoms with van der Waals surface area (Å²) >= 11 is 0. The molecular weight excluding hydrogens is 448 g/mol. The number of fused-ring (bicyclic) bond motifs is 1. The van der Waals surface area contributed by atoms with E-state index in [9.17, 15) is 18.0 Å². The van der Waals surface area contributed by atoms with Crippen molar-refractivity contribution in [3.05, 3.63) is 114 Å². The standard InChI is InChI=1S/C27H24N2O4S/c30-18-26(16-20-6-2-1-3-7-20)28-27(31)23-12-10-21(11-13-23)19-34(32,33)29-25-15-14-22-8-4-5-9-24(22)17-25/h1-15,17-18,26,29H,16,19H2,(H,28,31)/t26-/m0/s1. The quantitative estimate of drug-likeness (QED) is 0.355. The fourth-order valence-electron chi connectivity index (χ4n) is 3.69. The maximum atomic E-state index is 12.7. The number of carbonyl (C=O) groups is 2. The first-order valence-electron chi connectivity index (χ1n) is 10.8. The minimum atomic E-state index is -3.64. The molecule has 0 unspecified atom stereocenters. The van der Waals surface area contributed by atoms with Gasteiger partial charge < -0.3 is 10.1 Å². The van der Waals surface area contributed by atoms with Crippen LogP contribution in [0.15, 0.2) is 97.1 Å². The summed E-state index contributed by atoms with van der Waals surface area (Å²) < 4.78 is 27.9. The van der Waals surface area contributed by atoms with Gasteiger partial charge in [-0.3, -0.25) is 9.52 Å². The summed E-state index contributed by atoms with van der Waals surface area (Å²) in [5.41, 5.74) is 2.33. The molecule has 0 aromatic heterocycles. The topological polar surface area (TPSA) is 92.3 Å². The molecule has 4 aromatic rings. The van der Waals surface area contributed by atoms with Crippen molar-refractivity contribution >= 4 is 38.7 Å². The predicted molar refractivity (Wildman–Crippen MR) is 134 cm³/mol. The highest BCUT2D eigenvalue weighted by atomic mass is 32.2. The summed E-state index contributed by atoms with van der Waals surface area (Å²) in [4.78, 5) is 24.0. The zero-order valence-electron chi connectivity index (χ0n) is 18.3. The predicted octanol–water partition coefficient (Wildman–Crippen LogP) is 4.32. The highest BCUT2D eigenvalue weighted by Crippen LogP contribution is 2.20. The molecule has 0 heterocycles. The second-order valence-corrected chi connectivity index (χ2v) is 9.75. The van der Waals surface area contributed by atoms with E-state index in [2.05, 4.69) is 10.0 Å². The first-order chi connectivity index (χ1) is 16.4. The Labute approximate surface area is 198 Å². The van der Waals surface area contributed by atoms with E-state index in [4.69, 9.17) is 0 Å². The Morgan fingerprint density at radius 1 is 0.794 bits per heavy atom. The molecule has 34 heavy (non-hydrogen) atoms. The number of amides is 1. The van der Waals surface area contributed by atoms with Gasteiger partial charge in [0.2, 0.25) is 10.0 Å². The molecule has 6 nitrogen and oxygen atoms in total. The second-order valence-electron chi connectivity index (χ2n) is 8.03. The van der Waals surface area contributed by atoms with Crippen molar-refractivity contribution in [2.75, 3.05) is 4.72 Å². The second kappa shape index (κ2) is 10.3. The lowest BCUT2D eigenvalue weighted by atomic mass is 10.1. The van der Waals surface area contributed by atoms with Gasteiger partial charge in [-0.05, 0) is 52.6 Å². The van der Waals surface area contributed by atoms with Gasteiger partial charge in [0.05, 0.1) is 11.8 Å². The maximum Gasteiger partial charge on any atom is 0.251 e. The van der Waals surface area contributed by atoms with E-state index in [1.165, 1.54) is 0 Å². The van der Waals surface area contributed by atoms with Crippen LogP contribution in [0.2, 0.25) is 0 Å². The highest BCUT2D eigenvalue weighted by Gasteiger charge is 2.16. The molecule has 0 radical (unpaired) electrons. The monoisotopic (exact) mass is 472 g/mol. The van der Waals surface area contributed by atoms with Gasteiger partial charge in [-0.15, -0.1) is 0 Å². The Hall–Kier alpha value is -3.97. The molecule has 1 amide bonds. The average Bonchev–Trinajstić information content (AvgIpc) is 2.84. The average molecular weight is 473 g/mol. The van der Waals surface area contributed by atoms with Crippen molar-refractivity contribution in [3.63, 3.8) is 0 Å². The van der Waals surface area contributed by atoms with E-state index in [0.29, 0.717) is 29.5 Å². The van der Waals surface area contributed by atoms with Gasteiger partial charge in [0.25, 0.3) is 5.91 Å². The van der Waals surface area contributed by atoms with Crippen molar-refractivity contribution in [2.24, 2.45) is 0 Å². The van der Waals surface area contributed by atoms with Crippen LogP contribution in [0.4, 0.5) is 5.69 Å². The smallest absolute Gasteiger partial charge is 0.251 e. The molecule has 4 aromatic carbocycles. The molecule has 7 heteroatoms. The van der Waals surface area contributed by atoms with E-state index in [-0.39, 0.29) is 5.75 Å². The normalized spacial score (nSPS) is 12.1. The van der Waals surface area contributed by atoms with Crippen molar-refractivity contribution in [3.8, 4) is 0 Å². The molecule has 0 saturated carbocycles. The van der Waals surface area contributed by atoms with Crippen LogP contribution in [-0.4, -0.2) is 26.7 Å². The zero-order chi connectivity index (χ0) is 24.0. The third-order valence-electron chi connectivity index (χ3n) is 5.37. The Kier molecular flexibility index (Phi) is 7.04. The molecule has 172 valence electrons. The summed E-state index contributed by atoms with van der Waals surface area (Å²) in [6.07, 6.45) is 1.11. The Bertz CT molecular complexity index is 1400. The van der Waals surface area contributed by atoms with Crippen molar-refractivity contribution in [1.29, 1.82) is 0 Å². The van der Waals surface area contributed by atoms with Gasteiger partial charge in [0.1, 0.15) is 6.29 Å². The Morgan fingerprint density at radius 2 is 1.47 bits per heavy atom. The van der Waals surface area contributed by atoms with Crippen LogP contribution in [0.1, 0.15) is 21.5 Å². The van der Waals surface area contributed by atoms with E-state index < -0.39 is 22.0 Å². The van der Waals surface area contributed by atoms with Crippen LogP contribution in [-0.2, 0) is 27.0 Å². The summed E-state index contributed by atoms with van der Waals surface area (Å²) in [6, 6.07) is 28.2. The van der Waals surface area contributed by atoms with Gasteiger partial charge in [0, 0.05) is 11.3 Å². The van der Waals surface area contributed by atoms with Crippen LogP contribution in [0.5, 0.6) is 0 Å². The number of carbonyl (C=O) groups excluding carboxylic acids is 2. The number of hydrogen-bond acceptors (Lipinski definition) is 4. The first-order valence-corrected chi connectivity index (χ1v) is 12.5. The van der Waals surface area contributed by atoms with E-state index in [1.807, 2.05) is 60.7 Å². The van der Waals surface area contributed by atoms with E-state index >= 15 is 0 Å². The Morgan fingerprint density at radius 3 is 2.18 bits per heavy atom. The van der Waals surface area contributed by atoms with Crippen LogP contribution in [0.25, 0.3) is 10.8 Å². The summed E-state index contributed by atoms with van der Waals surface area (Å²) in [5, 5.41) is 4.68. The minimum Gasteiger partial charge on any atom is -0.342 e. The van der Waals surface area contributed by atoms with Crippen LogP contribution in [0.3, 0.4) is 0 Å². The molecule has 2 N–H and O–H groups in total. The SMILES string of the molecule is O=C[C@H](Cc1ccccc1)NC(=O)c1ccc(CS(=O)(=O)Nc2ccc3ccccc3c2)cc1. The van der Waals surface area contributed by atoms with Crippen molar-refractivity contribution in [1.82, 2.24) is 5.32 Å². The lowest BCUT2D eigenvalue weighted by molar-refractivity contribution is -0.109. The third-order valence-corrected chi connectivity index (χ3v) is 6.63. The minimum absolute atomic E-state index is 0.229. The number of benzene rings is 4. The summed E-state index contributed by atoms with van der Waals surface area (Å²) in [7, 11) is -3.64. The van der Waals surface area contributed by atoms with Gasteiger partial charge >= 0.3 is 0 Å². The van der Waals surface area contributed by atoms with Gasteiger partial charge in [0.15, 0.2) is 0 Å². The molecule has 0 aliphatic rings. The van der Waals surface area contributed by atoms with E-state index in [1.54, 1.807) is 36.4 Å². The van der Waals surface area contributed by atoms with E-state index in [0.717, 1.165) is 16.3 Å². The number of aldehydes is 1. The molecule has 0 spiro atoms. The lowest BCUT2D eigenvalue weighted by Crippen LogP contribution is -2.37. The van der Waals surface area contributed by atoms with Crippen molar-refractivity contribution in [2.45, 2.75) is 18.2 Å². The summed E-state index contributed by atoms with van der Waals surface area (Å²) in [6.45, 7) is 0. The van der Waals surface area contributed by atoms with Gasteiger partial charge in [-0.1, -0.05) is 72.8 Å². The largest absolute Gasteiger partial charge is 0.342 e. The molecule has 0 aliphatic heterocycles. The van der Waals surface area contributed by atoms with Crippen LogP contribution in [0, 0.1) is 0 Å². The molecule has 1 atom stereocenters. The van der Waals surface area contributed by atoms with Gasteiger partial charge in [-0.2, -0.15) is 0 Å². The molecule has 0 fully saturated rings. The zero-order valence-corrected chi connectivity index (χ0v) is 19.2. The highest BCUT2D eigenvalue weighted by molar-refractivity contribution is 7.91. The number of anilines is 1. The summed E-state index contributed by atoms with van der Waals surface area (Å²) in [5.74, 6) is -0.621. The third kappa shape index (κ3) is 6.08. The number of sulfonamides is 1. The lowest BCUT2D eigenvalue weighted by Gasteiger charge is -2.13. The van der Waals surface area contributed by atoms with Crippen molar-refractivity contribution < 1.29 is 18.0 Å². The van der Waals surface area contributed by atoms with Gasteiger partial charge in [-0.25, -0.2) is 8.42 Å². The van der Waals surface area contributed by atoms with Crippen LogP contribution < -0.4 is 10.0 Å². The van der Waals surface area contributed by atoms with Crippen LogP contribution >= 0.6 is 0 Å². The fraction of sp³-hybridized carbons (Fsp3) is 0.111. The Balaban J connectivity index is 1.38. The molecule has 0 aliphatic carbocycles. The molecule has 0 saturated heterocycles. The fourth-order valence-corrected chi connectivity index (χ4v) is 4.88. The number of rotatable bonds is 9. The molecular formula is C27H24N2O4S. The first kappa shape index (κ1) is 23.2. The number of hydrogen-bond donors (Lipinski definition) is 2. The number of nitrogens with one attached hydrogen (secondary N) is 2. The molecule has 0 bridgehead atoms.